The maximum absolute atomic E-state index is 15.5. The maximum atomic E-state index is 15.5. The molecule has 12 heteroatoms. The summed E-state index contributed by atoms with van der Waals surface area (Å²) in [6, 6.07) is 11.5. The molecule has 3 aromatic rings. The molecule has 43 heavy (non-hydrogen) atoms. The minimum absolute atomic E-state index is 0.204. The van der Waals surface area contributed by atoms with Crippen LogP contribution in [0.4, 0.5) is 4.39 Å². The van der Waals surface area contributed by atoms with Crippen molar-refractivity contribution in [2.24, 2.45) is 0 Å². The number of halogens is 1. The Kier molecular flexibility index (Phi) is 8.34. The summed E-state index contributed by atoms with van der Waals surface area (Å²) in [5.74, 6) is -4.13. The van der Waals surface area contributed by atoms with Gasteiger partial charge in [0.05, 0.1) is 12.1 Å². The number of benzene rings is 2. The standard InChI is InChI=1S/C31H34FNO10/c1-6-38-23-12-10-21(11-13-23)14-22-15-33(25-9-7-8-24(32)27(22)25)31-30(42-20(5)37)29(41-19(4)36)28(40-18(3)35)26(43-31)16-39-17(2)34/h7-13,15,26,28-31H,6,14,16H2,1-5H3/t26-,28-,29+,30-,31?/m1/s1/i2D,3D,4D,5D. The van der Waals surface area contributed by atoms with Crippen LogP contribution < -0.4 is 4.74 Å². The Morgan fingerprint density at radius 1 is 0.884 bits per heavy atom. The summed E-state index contributed by atoms with van der Waals surface area (Å²) >= 11 is 0. The van der Waals surface area contributed by atoms with Crippen LogP contribution in [0, 0.1) is 5.82 Å². The van der Waals surface area contributed by atoms with Crippen molar-refractivity contribution >= 4 is 34.8 Å². The molecule has 5 atom stereocenters. The molecule has 2 aromatic carbocycles. The molecule has 0 bridgehead atoms. The molecule has 0 spiro atoms. The second-order valence-corrected chi connectivity index (χ2v) is 9.56. The lowest BCUT2D eigenvalue weighted by Crippen LogP contribution is -2.60. The fraction of sp³-hybridized carbons (Fsp3) is 0.419. The van der Waals surface area contributed by atoms with Gasteiger partial charge in [0, 0.05) is 44.7 Å². The van der Waals surface area contributed by atoms with Gasteiger partial charge in [0.25, 0.3) is 0 Å². The zero-order chi connectivity index (χ0) is 34.1. The van der Waals surface area contributed by atoms with Gasteiger partial charge >= 0.3 is 23.9 Å². The third-order valence-corrected chi connectivity index (χ3v) is 6.61. The van der Waals surface area contributed by atoms with Gasteiger partial charge in [-0.3, -0.25) is 19.2 Å². The molecule has 0 saturated carbocycles. The molecule has 0 amide bonds. The van der Waals surface area contributed by atoms with E-state index in [1.165, 1.54) is 16.7 Å². The molecular weight excluding hydrogens is 565 g/mol. The molecule has 2 heterocycles. The van der Waals surface area contributed by atoms with Gasteiger partial charge in [-0.2, -0.15) is 0 Å². The average Bonchev–Trinajstić information content (AvgIpc) is 3.44. The van der Waals surface area contributed by atoms with Gasteiger partial charge < -0.3 is 33.0 Å². The first-order chi connectivity index (χ1) is 22.6. The largest absolute Gasteiger partial charge is 0.494 e. The number of rotatable bonds is 10. The number of carbonyl (C=O) groups is 4. The molecule has 1 fully saturated rings. The van der Waals surface area contributed by atoms with Crippen LogP contribution in [0.5, 0.6) is 5.75 Å². The lowest BCUT2D eigenvalue weighted by Gasteiger charge is -2.44. The van der Waals surface area contributed by atoms with E-state index in [1.54, 1.807) is 24.4 Å². The minimum Gasteiger partial charge on any atom is -0.494 e. The number of fused-ring (bicyclic) bond motifs is 1. The van der Waals surface area contributed by atoms with Crippen LogP contribution in [0.25, 0.3) is 10.9 Å². The van der Waals surface area contributed by atoms with Crippen LogP contribution in [0.1, 0.15) is 57.4 Å². The highest BCUT2D eigenvalue weighted by atomic mass is 19.1. The van der Waals surface area contributed by atoms with E-state index in [9.17, 15) is 19.2 Å². The fourth-order valence-electron chi connectivity index (χ4n) is 5.07. The normalized spacial score (nSPS) is 22.8. The molecular formula is C31H34FNO10. The predicted octanol–water partition coefficient (Wildman–Crippen LogP) is 4.03. The van der Waals surface area contributed by atoms with Crippen molar-refractivity contribution in [2.45, 2.75) is 71.6 Å². The first-order valence-corrected chi connectivity index (χ1v) is 13.2. The quantitative estimate of drug-likeness (QED) is 0.248. The van der Waals surface area contributed by atoms with E-state index < -0.39 is 94.5 Å². The zero-order valence-electron chi connectivity index (χ0n) is 27.4. The summed E-state index contributed by atoms with van der Waals surface area (Å²) in [5.41, 5.74) is 1.58. The number of esters is 4. The zero-order valence-corrected chi connectivity index (χ0v) is 23.4. The molecule has 4 rings (SSSR count). The van der Waals surface area contributed by atoms with Crippen molar-refractivity contribution in [1.82, 2.24) is 4.57 Å². The summed E-state index contributed by atoms with van der Waals surface area (Å²) in [6.07, 6.45) is -6.00. The van der Waals surface area contributed by atoms with Gasteiger partial charge in [0.2, 0.25) is 0 Å². The number of aromatic nitrogens is 1. The van der Waals surface area contributed by atoms with E-state index in [0.29, 0.717) is 17.9 Å². The highest BCUT2D eigenvalue weighted by Gasteiger charge is 2.53. The Morgan fingerprint density at radius 2 is 1.53 bits per heavy atom. The Balaban J connectivity index is 1.87. The van der Waals surface area contributed by atoms with E-state index in [4.69, 9.17) is 33.9 Å². The van der Waals surface area contributed by atoms with Crippen LogP contribution in [-0.4, -0.2) is 66.1 Å². The van der Waals surface area contributed by atoms with E-state index in [-0.39, 0.29) is 17.3 Å². The van der Waals surface area contributed by atoms with Gasteiger partial charge in [0.15, 0.2) is 24.5 Å². The second kappa shape index (κ2) is 13.7. The fourth-order valence-corrected chi connectivity index (χ4v) is 5.07. The number of nitrogens with zero attached hydrogens (tertiary/aromatic N) is 1. The monoisotopic (exact) mass is 603 g/mol. The molecule has 0 N–H and O–H groups in total. The third-order valence-electron chi connectivity index (χ3n) is 6.61. The van der Waals surface area contributed by atoms with Crippen molar-refractivity contribution in [3.8, 4) is 5.75 Å². The van der Waals surface area contributed by atoms with Crippen molar-refractivity contribution in [1.29, 1.82) is 0 Å². The molecule has 1 aromatic heterocycles. The molecule has 1 unspecified atom stereocenters. The molecule has 1 saturated heterocycles. The second-order valence-electron chi connectivity index (χ2n) is 9.56. The molecule has 11 nitrogen and oxygen atoms in total. The van der Waals surface area contributed by atoms with Crippen molar-refractivity contribution in [3.05, 3.63) is 65.6 Å². The van der Waals surface area contributed by atoms with E-state index >= 15 is 4.39 Å². The average molecular weight is 604 g/mol. The highest BCUT2D eigenvalue weighted by Crippen LogP contribution is 2.38. The smallest absolute Gasteiger partial charge is 0.303 e. The SMILES string of the molecule is [2H]CC(=O)OC[C@H]1OC(n2cc(Cc3ccc(OCC)cc3)c3c(F)cccc32)[C@H](OC(=O)C[2H])[C@@H](OC(=O)C[2H])[C@@H]1OC(=O)C[2H]. The molecule has 1 aliphatic rings. The number of ether oxygens (including phenoxy) is 6. The number of carbonyl (C=O) groups excluding carboxylic acids is 4. The molecule has 230 valence electrons. The van der Waals surface area contributed by atoms with Gasteiger partial charge in [-0.15, -0.1) is 0 Å². The summed E-state index contributed by atoms with van der Waals surface area (Å²) in [6.45, 7) is -1.61. The summed E-state index contributed by atoms with van der Waals surface area (Å²) in [5, 5.41) is 0.204. The Bertz CT molecular complexity index is 1570. The van der Waals surface area contributed by atoms with Crippen LogP contribution in [-0.2, 0) is 49.3 Å². The Hall–Kier alpha value is -4.45. The van der Waals surface area contributed by atoms with Crippen LogP contribution in [0.2, 0.25) is 0 Å². The first-order valence-electron chi connectivity index (χ1n) is 16.0. The van der Waals surface area contributed by atoms with E-state index in [2.05, 4.69) is 0 Å². The lowest BCUT2D eigenvalue weighted by molar-refractivity contribution is -0.267. The van der Waals surface area contributed by atoms with Gasteiger partial charge in [-0.05, 0) is 48.7 Å². The molecule has 0 radical (unpaired) electrons. The van der Waals surface area contributed by atoms with Gasteiger partial charge in [-0.25, -0.2) is 4.39 Å². The topological polar surface area (TPSA) is 129 Å². The molecule has 0 aliphatic carbocycles. The van der Waals surface area contributed by atoms with Crippen molar-refractivity contribution in [3.63, 3.8) is 0 Å². The molecule has 1 aliphatic heterocycles. The summed E-state index contributed by atoms with van der Waals surface area (Å²) in [4.78, 5) is 49.3. The van der Waals surface area contributed by atoms with Crippen LogP contribution in [0.3, 0.4) is 0 Å². The maximum Gasteiger partial charge on any atom is 0.303 e. The van der Waals surface area contributed by atoms with Crippen molar-refractivity contribution < 1.29 is 57.5 Å². The van der Waals surface area contributed by atoms with Gasteiger partial charge in [0.1, 0.15) is 24.3 Å². The van der Waals surface area contributed by atoms with Crippen molar-refractivity contribution in [2.75, 3.05) is 13.2 Å². The summed E-state index contributed by atoms with van der Waals surface area (Å²) in [7, 11) is 0. The number of hydrogen-bond donors (Lipinski definition) is 0. The van der Waals surface area contributed by atoms with Crippen LogP contribution >= 0.6 is 0 Å². The lowest BCUT2D eigenvalue weighted by atomic mass is 9.97. The first kappa shape index (κ1) is 26.2. The minimum atomic E-state index is -1.68. The Labute approximate surface area is 253 Å². The predicted molar refractivity (Wildman–Crippen MR) is 150 cm³/mol. The van der Waals surface area contributed by atoms with E-state index in [1.807, 2.05) is 19.1 Å². The highest BCUT2D eigenvalue weighted by molar-refractivity contribution is 5.85. The third kappa shape index (κ3) is 7.50. The van der Waals surface area contributed by atoms with E-state index in [0.717, 1.165) is 5.56 Å². The van der Waals surface area contributed by atoms with Crippen LogP contribution in [0.15, 0.2) is 48.7 Å². The summed E-state index contributed by atoms with van der Waals surface area (Å²) < 4.78 is 80.0. The number of hydrogen-bond acceptors (Lipinski definition) is 10. The van der Waals surface area contributed by atoms with Gasteiger partial charge in [-0.1, -0.05) is 18.2 Å². The Morgan fingerprint density at radius 3 is 2.19 bits per heavy atom.